The van der Waals surface area contributed by atoms with Crippen LogP contribution in [-0.4, -0.2) is 57.1 Å². The third-order valence-electron chi connectivity index (χ3n) is 6.04. The molecule has 1 unspecified atom stereocenters. The van der Waals surface area contributed by atoms with Crippen molar-refractivity contribution in [2.24, 2.45) is 5.41 Å². The molecule has 2 aromatic rings. The van der Waals surface area contributed by atoms with Crippen LogP contribution in [0.15, 0.2) is 55.6 Å². The fraction of sp³-hybridized carbons (Fsp3) is 0.500. The molecular weight excluding hydrogens is 525 g/mol. The molecule has 12 nitrogen and oxygen atoms in total. The van der Waals surface area contributed by atoms with E-state index < -0.39 is 43.0 Å². The second-order valence-corrected chi connectivity index (χ2v) is 12.3. The third-order valence-corrected chi connectivity index (χ3v) is 7.73. The monoisotopic (exact) mass is 563 g/mol. The first-order valence-corrected chi connectivity index (χ1v) is 14.0. The van der Waals surface area contributed by atoms with Gasteiger partial charge in [0.05, 0.1) is 23.8 Å². The predicted octanol–water partition coefficient (Wildman–Crippen LogP) is 3.64. The standard InChI is InChI=1S/C26H38N5O7P/c1-8-10-18(9-2)38-39(34,30-17(3)14-35-24(33)25(4,5)6)36-15-21-20(32)13-26(7,37-21)22-12-11-19-23(27)28-16-29-31(19)22/h8-12,16-17,20-21,32H,1-2,13-15H2,3-7H3,(H,30,34)(H2,27,28,29)/b18-10+/t17-,20-,21+,26+,39?/m0/s1. The molecule has 1 fully saturated rings. The number of hydrogen-bond acceptors (Lipinski definition) is 10. The number of anilines is 1. The highest BCUT2D eigenvalue weighted by molar-refractivity contribution is 7.51. The summed E-state index contributed by atoms with van der Waals surface area (Å²) in [6, 6.07) is 2.98. The minimum absolute atomic E-state index is 0.0751. The maximum atomic E-state index is 13.8. The number of aromatic nitrogens is 3. The lowest BCUT2D eigenvalue weighted by atomic mass is 9.97. The summed E-state index contributed by atoms with van der Waals surface area (Å²) in [5.41, 5.74) is 5.60. The van der Waals surface area contributed by atoms with E-state index >= 15 is 0 Å². The number of allylic oxidation sites excluding steroid dienone is 3. The Morgan fingerprint density at radius 3 is 2.79 bits per heavy atom. The number of hydrogen-bond donors (Lipinski definition) is 3. The van der Waals surface area contributed by atoms with Crippen LogP contribution in [0.5, 0.6) is 0 Å². The Morgan fingerprint density at radius 1 is 1.44 bits per heavy atom. The molecule has 3 heterocycles. The van der Waals surface area contributed by atoms with Gasteiger partial charge in [0.15, 0.2) is 5.82 Å². The van der Waals surface area contributed by atoms with Crippen molar-refractivity contribution in [2.45, 2.75) is 64.9 Å². The largest absolute Gasteiger partial charge is 0.464 e. The molecule has 0 amide bonds. The number of nitrogens with two attached hydrogens (primary N) is 1. The van der Waals surface area contributed by atoms with Gasteiger partial charge >= 0.3 is 13.7 Å². The number of rotatable bonds is 12. The minimum atomic E-state index is -4.07. The van der Waals surface area contributed by atoms with Crippen molar-refractivity contribution in [3.05, 3.63) is 61.3 Å². The van der Waals surface area contributed by atoms with Gasteiger partial charge in [0.25, 0.3) is 0 Å². The van der Waals surface area contributed by atoms with Crippen LogP contribution in [0.1, 0.15) is 46.7 Å². The molecule has 0 radical (unpaired) electrons. The van der Waals surface area contributed by atoms with Crippen LogP contribution in [0, 0.1) is 5.41 Å². The van der Waals surface area contributed by atoms with Crippen LogP contribution < -0.4 is 10.8 Å². The van der Waals surface area contributed by atoms with E-state index in [0.29, 0.717) is 17.0 Å². The van der Waals surface area contributed by atoms with Gasteiger partial charge < -0.3 is 24.8 Å². The van der Waals surface area contributed by atoms with Crippen LogP contribution >= 0.6 is 7.75 Å². The van der Waals surface area contributed by atoms with Crippen molar-refractivity contribution >= 4 is 25.1 Å². The molecule has 0 bridgehead atoms. The van der Waals surface area contributed by atoms with Crippen LogP contribution in [0.25, 0.3) is 5.52 Å². The molecule has 0 saturated carbocycles. The van der Waals surface area contributed by atoms with Crippen LogP contribution in [0.4, 0.5) is 5.82 Å². The fourth-order valence-electron chi connectivity index (χ4n) is 4.03. The van der Waals surface area contributed by atoms with Gasteiger partial charge in [-0.2, -0.15) is 5.10 Å². The molecule has 0 aromatic carbocycles. The molecule has 3 rings (SSSR count). The molecule has 2 aromatic heterocycles. The summed E-state index contributed by atoms with van der Waals surface area (Å²) in [4.78, 5) is 16.2. The second kappa shape index (κ2) is 12.0. The average molecular weight is 564 g/mol. The summed E-state index contributed by atoms with van der Waals surface area (Å²) < 4.78 is 38.3. The van der Waals surface area contributed by atoms with Crippen LogP contribution in [0.3, 0.4) is 0 Å². The molecule has 1 saturated heterocycles. The van der Waals surface area contributed by atoms with Crippen molar-refractivity contribution in [1.82, 2.24) is 19.7 Å². The van der Waals surface area contributed by atoms with Crippen molar-refractivity contribution in [3.8, 4) is 0 Å². The average Bonchev–Trinajstić information content (AvgIpc) is 3.42. The van der Waals surface area contributed by atoms with Crippen molar-refractivity contribution < 1.29 is 33.0 Å². The normalized spacial score (nSPS) is 24.2. The highest BCUT2D eigenvalue weighted by Crippen LogP contribution is 2.48. The lowest BCUT2D eigenvalue weighted by molar-refractivity contribution is -0.153. The van der Waals surface area contributed by atoms with E-state index in [1.54, 1.807) is 38.3 Å². The fourth-order valence-corrected chi connectivity index (χ4v) is 5.58. The Kier molecular flexibility index (Phi) is 9.40. The molecule has 4 N–H and O–H groups in total. The van der Waals surface area contributed by atoms with E-state index in [-0.39, 0.29) is 25.4 Å². The molecule has 13 heteroatoms. The molecule has 0 spiro atoms. The maximum Gasteiger partial charge on any atom is 0.459 e. The van der Waals surface area contributed by atoms with Gasteiger partial charge in [0.2, 0.25) is 0 Å². The number of ether oxygens (including phenoxy) is 2. The number of carbonyl (C=O) groups excluding carboxylic acids is 1. The minimum Gasteiger partial charge on any atom is -0.464 e. The predicted molar refractivity (Wildman–Crippen MR) is 146 cm³/mol. The van der Waals surface area contributed by atoms with E-state index in [9.17, 15) is 14.5 Å². The number of nitrogens with zero attached hydrogens (tertiary/aromatic N) is 3. The van der Waals surface area contributed by atoms with E-state index in [4.69, 9.17) is 24.3 Å². The molecule has 5 atom stereocenters. The Morgan fingerprint density at radius 2 is 2.15 bits per heavy atom. The zero-order valence-corrected chi connectivity index (χ0v) is 23.9. The SMILES string of the molecule is C=C/C=C(\C=C)OP(=O)(N[C@@H](C)COC(=O)C(C)(C)C)OC[C@H]1O[C@@](C)(c2ccc3c(N)ncnn23)C[C@@H]1O. The Bertz CT molecular complexity index is 1290. The smallest absolute Gasteiger partial charge is 0.459 e. The van der Waals surface area contributed by atoms with Gasteiger partial charge in [-0.05, 0) is 58.9 Å². The molecular formula is C26H38N5O7P. The second-order valence-electron chi connectivity index (χ2n) is 10.6. The van der Waals surface area contributed by atoms with Crippen molar-refractivity contribution in [1.29, 1.82) is 0 Å². The third kappa shape index (κ3) is 7.34. The Hall–Kier alpha value is -3.02. The van der Waals surface area contributed by atoms with Crippen molar-refractivity contribution in [2.75, 3.05) is 18.9 Å². The number of esters is 1. The van der Waals surface area contributed by atoms with Gasteiger partial charge in [0.1, 0.15) is 35.9 Å². The first-order chi connectivity index (χ1) is 18.2. The van der Waals surface area contributed by atoms with Gasteiger partial charge in [-0.15, -0.1) is 0 Å². The van der Waals surface area contributed by atoms with Crippen LogP contribution in [-0.2, 0) is 33.5 Å². The number of carbonyl (C=O) groups is 1. The lowest BCUT2D eigenvalue weighted by Crippen LogP contribution is -2.34. The maximum absolute atomic E-state index is 13.8. The van der Waals surface area contributed by atoms with E-state index in [2.05, 4.69) is 28.3 Å². The zero-order chi connectivity index (χ0) is 29.0. The summed E-state index contributed by atoms with van der Waals surface area (Å²) in [5, 5.41) is 17.9. The quantitative estimate of drug-likeness (QED) is 0.150. The zero-order valence-electron chi connectivity index (χ0n) is 23.0. The van der Waals surface area contributed by atoms with Gasteiger partial charge in [-0.1, -0.05) is 19.2 Å². The number of nitrogen functional groups attached to an aromatic ring is 1. The lowest BCUT2D eigenvalue weighted by Gasteiger charge is -2.27. The van der Waals surface area contributed by atoms with E-state index in [1.165, 1.54) is 24.6 Å². The summed E-state index contributed by atoms with van der Waals surface area (Å²) in [6.07, 6.45) is 4.05. The van der Waals surface area contributed by atoms with Gasteiger partial charge in [-0.25, -0.2) is 19.2 Å². The molecule has 0 aliphatic carbocycles. The highest BCUT2D eigenvalue weighted by atomic mass is 31.2. The number of aliphatic hydroxyl groups excluding tert-OH is 1. The van der Waals surface area contributed by atoms with Crippen LogP contribution in [0.2, 0.25) is 0 Å². The Labute approximate surface area is 228 Å². The van der Waals surface area contributed by atoms with Gasteiger partial charge in [-0.3, -0.25) is 9.32 Å². The summed E-state index contributed by atoms with van der Waals surface area (Å²) in [7, 11) is -4.07. The molecule has 1 aliphatic rings. The first-order valence-electron chi connectivity index (χ1n) is 12.5. The van der Waals surface area contributed by atoms with Crippen molar-refractivity contribution in [3.63, 3.8) is 0 Å². The number of fused-ring (bicyclic) bond motifs is 1. The van der Waals surface area contributed by atoms with E-state index in [1.807, 2.05) is 13.0 Å². The number of aliphatic hydroxyl groups is 1. The van der Waals surface area contributed by atoms with Gasteiger partial charge in [0, 0.05) is 12.5 Å². The molecule has 39 heavy (non-hydrogen) atoms. The van der Waals surface area contributed by atoms with E-state index in [0.717, 1.165) is 0 Å². The highest BCUT2D eigenvalue weighted by Gasteiger charge is 2.46. The topological polar surface area (TPSA) is 160 Å². The Balaban J connectivity index is 1.75. The first kappa shape index (κ1) is 30.5. The summed E-state index contributed by atoms with van der Waals surface area (Å²) >= 11 is 0. The molecule has 214 valence electrons. The summed E-state index contributed by atoms with van der Waals surface area (Å²) in [6.45, 7) is 15.6. The summed E-state index contributed by atoms with van der Waals surface area (Å²) in [5.74, 6) is 0.0579. The molecule has 1 aliphatic heterocycles. The number of nitrogens with one attached hydrogen (secondary N) is 1.